The van der Waals surface area contributed by atoms with Gasteiger partial charge in [0, 0.05) is 49.6 Å². The van der Waals surface area contributed by atoms with Crippen LogP contribution in [0.1, 0.15) is 16.7 Å². The van der Waals surface area contributed by atoms with Crippen LogP contribution >= 0.6 is 0 Å². The molecule has 3 aromatic rings. The van der Waals surface area contributed by atoms with Gasteiger partial charge in [0.25, 0.3) is 0 Å². The van der Waals surface area contributed by atoms with Crippen LogP contribution in [0.25, 0.3) is 0 Å². The maximum atomic E-state index is 6.44. The Bertz CT molecular complexity index is 1050. The second-order valence-electron chi connectivity index (χ2n) is 8.46. The highest BCUT2D eigenvalue weighted by molar-refractivity contribution is 5.17. The third-order valence-corrected chi connectivity index (χ3v) is 5.38. The van der Waals surface area contributed by atoms with E-state index in [9.17, 15) is 0 Å². The Morgan fingerprint density at radius 2 is 0.861 bits per heavy atom. The first kappa shape index (κ1) is 26.1. The van der Waals surface area contributed by atoms with Crippen LogP contribution in [0.5, 0.6) is 0 Å². The van der Waals surface area contributed by atoms with E-state index in [1.54, 1.807) is 6.20 Å². The van der Waals surface area contributed by atoms with Gasteiger partial charge in [0.05, 0.1) is 13.1 Å². The lowest BCUT2D eigenvalue weighted by atomic mass is 10.2. The molecule has 0 aliphatic heterocycles. The Hall–Kier alpha value is -4.52. The maximum Gasteiger partial charge on any atom is 0.116 e. The van der Waals surface area contributed by atoms with Gasteiger partial charge in [0.15, 0.2) is 0 Å². The smallest absolute Gasteiger partial charge is 0.116 e. The van der Waals surface area contributed by atoms with Gasteiger partial charge in [0.2, 0.25) is 0 Å². The summed E-state index contributed by atoms with van der Waals surface area (Å²) in [5.41, 5.74) is 23.9. The van der Waals surface area contributed by atoms with Gasteiger partial charge in [-0.3, -0.25) is 0 Å². The normalized spacial score (nSPS) is 12.2. The Morgan fingerprint density at radius 1 is 0.528 bits per heavy atom. The lowest BCUT2D eigenvalue weighted by Crippen LogP contribution is -2.36. The fraction of sp³-hybridized carbons (Fsp3) is 0.172. The lowest BCUT2D eigenvalue weighted by Gasteiger charge is -2.25. The molecule has 0 fully saturated rings. The highest BCUT2D eigenvalue weighted by atomic mass is 15.2. The van der Waals surface area contributed by atoms with Crippen LogP contribution < -0.4 is 33.2 Å². The lowest BCUT2D eigenvalue weighted by molar-refractivity contribution is 0.389. The van der Waals surface area contributed by atoms with Crippen molar-refractivity contribution in [3.05, 3.63) is 144 Å². The van der Waals surface area contributed by atoms with E-state index in [4.69, 9.17) is 17.2 Å². The van der Waals surface area contributed by atoms with Gasteiger partial charge in [-0.25, -0.2) is 0 Å². The molecule has 188 valence electrons. The minimum Gasteiger partial charge on any atom is -0.399 e. The van der Waals surface area contributed by atoms with Crippen molar-refractivity contribution < 1.29 is 0 Å². The zero-order valence-corrected chi connectivity index (χ0v) is 20.6. The van der Waals surface area contributed by atoms with Crippen LogP contribution in [0.15, 0.2) is 127 Å². The van der Waals surface area contributed by atoms with Crippen LogP contribution in [-0.2, 0) is 19.6 Å². The van der Waals surface area contributed by atoms with Crippen LogP contribution in [0.4, 0.5) is 0 Å². The summed E-state index contributed by atoms with van der Waals surface area (Å²) in [6.07, 6.45) is 5.43. The Balaban J connectivity index is 1.60. The fourth-order valence-electron chi connectivity index (χ4n) is 3.52. The first-order valence-electron chi connectivity index (χ1n) is 12.0. The monoisotopic (exact) mass is 483 g/mol. The van der Waals surface area contributed by atoms with Gasteiger partial charge in [0.1, 0.15) is 5.82 Å². The minimum absolute atomic E-state index is 0.421. The summed E-state index contributed by atoms with van der Waals surface area (Å²) in [5.74, 6) is 0.546. The van der Waals surface area contributed by atoms with E-state index in [0.717, 1.165) is 0 Å². The molecular formula is C29H37N7. The molecule has 3 rings (SSSR count). The summed E-state index contributed by atoms with van der Waals surface area (Å²) < 4.78 is 0. The summed E-state index contributed by atoms with van der Waals surface area (Å²) in [6, 6.07) is 30.5. The highest BCUT2D eigenvalue weighted by Gasteiger charge is 2.09. The molecule has 0 aromatic heterocycles. The summed E-state index contributed by atoms with van der Waals surface area (Å²) in [4.78, 5) is 1.93. The number of hydrogen-bond acceptors (Lipinski definition) is 7. The predicted octanol–water partition coefficient (Wildman–Crippen LogP) is 3.02. The standard InChI is InChI=1S/C29H37N7/c30-27(19-33-16-24-10-4-1-5-11-24)22-36(29(32)21-35-18-26-14-8-3-9-15-26)23-28(31)20-34-17-25-12-6-2-7-13-25/h1-15,19-21,33-35H,16-18,22-23,30-32H2/b27-19-,28-20-,29-21+. The van der Waals surface area contributed by atoms with E-state index in [0.29, 0.717) is 49.9 Å². The van der Waals surface area contributed by atoms with Crippen molar-refractivity contribution in [2.75, 3.05) is 13.1 Å². The van der Waals surface area contributed by atoms with E-state index >= 15 is 0 Å². The molecule has 7 heteroatoms. The second-order valence-corrected chi connectivity index (χ2v) is 8.46. The summed E-state index contributed by atoms with van der Waals surface area (Å²) in [7, 11) is 0. The third-order valence-electron chi connectivity index (χ3n) is 5.38. The molecule has 36 heavy (non-hydrogen) atoms. The number of benzene rings is 3. The predicted molar refractivity (Wildman–Crippen MR) is 148 cm³/mol. The maximum absolute atomic E-state index is 6.44. The average molecular weight is 484 g/mol. The summed E-state index contributed by atoms with van der Waals surface area (Å²) >= 11 is 0. The number of rotatable bonds is 14. The van der Waals surface area contributed by atoms with Crippen LogP contribution in [0.3, 0.4) is 0 Å². The Labute approximate surface area is 214 Å². The van der Waals surface area contributed by atoms with Gasteiger partial charge >= 0.3 is 0 Å². The number of nitrogens with zero attached hydrogens (tertiary/aromatic N) is 1. The average Bonchev–Trinajstić information content (AvgIpc) is 2.90. The molecule has 9 N–H and O–H groups in total. The van der Waals surface area contributed by atoms with Crippen molar-refractivity contribution >= 4 is 0 Å². The van der Waals surface area contributed by atoms with Crippen molar-refractivity contribution in [3.63, 3.8) is 0 Å². The van der Waals surface area contributed by atoms with E-state index in [1.165, 1.54) is 16.7 Å². The Kier molecular flexibility index (Phi) is 10.6. The quantitative estimate of drug-likeness (QED) is 0.209. The van der Waals surface area contributed by atoms with E-state index in [-0.39, 0.29) is 0 Å². The van der Waals surface area contributed by atoms with Gasteiger partial charge in [-0.1, -0.05) is 91.0 Å². The molecular weight excluding hydrogens is 446 g/mol. The first-order valence-corrected chi connectivity index (χ1v) is 12.0. The molecule has 0 aliphatic carbocycles. The molecule has 3 aromatic carbocycles. The minimum atomic E-state index is 0.421. The third kappa shape index (κ3) is 9.77. The SMILES string of the molecule is N/C(=C\NCc1ccccc1)CN(C/C(N)=C/NCc1ccccc1)/C(N)=C/NCc1ccccc1. The number of nitrogens with two attached hydrogens (primary N) is 3. The molecule has 0 amide bonds. The van der Waals surface area contributed by atoms with Crippen LogP contribution in [-0.4, -0.2) is 18.0 Å². The van der Waals surface area contributed by atoms with Crippen molar-refractivity contribution in [1.82, 2.24) is 20.9 Å². The molecule has 0 saturated heterocycles. The number of nitrogens with one attached hydrogen (secondary N) is 3. The van der Waals surface area contributed by atoms with Crippen molar-refractivity contribution in [2.24, 2.45) is 17.2 Å². The van der Waals surface area contributed by atoms with E-state index in [2.05, 4.69) is 52.3 Å². The van der Waals surface area contributed by atoms with Crippen molar-refractivity contribution in [2.45, 2.75) is 19.6 Å². The van der Waals surface area contributed by atoms with Gasteiger partial charge < -0.3 is 38.1 Å². The van der Waals surface area contributed by atoms with E-state index < -0.39 is 0 Å². The molecule has 0 spiro atoms. The molecule has 0 radical (unpaired) electrons. The zero-order chi connectivity index (χ0) is 25.4. The van der Waals surface area contributed by atoms with Gasteiger partial charge in [-0.05, 0) is 16.7 Å². The summed E-state index contributed by atoms with van der Waals surface area (Å²) in [6.45, 7) is 2.89. The van der Waals surface area contributed by atoms with Crippen LogP contribution in [0.2, 0.25) is 0 Å². The first-order chi connectivity index (χ1) is 17.6. The molecule has 7 nitrogen and oxygen atoms in total. The van der Waals surface area contributed by atoms with E-state index in [1.807, 2.05) is 71.9 Å². The fourth-order valence-corrected chi connectivity index (χ4v) is 3.52. The molecule has 0 unspecified atom stereocenters. The van der Waals surface area contributed by atoms with Crippen LogP contribution in [0, 0.1) is 0 Å². The topological polar surface area (TPSA) is 117 Å². The summed E-state index contributed by atoms with van der Waals surface area (Å²) in [5, 5.41) is 9.81. The highest BCUT2D eigenvalue weighted by Crippen LogP contribution is 2.05. The molecule has 0 atom stereocenters. The van der Waals surface area contributed by atoms with Gasteiger partial charge in [-0.2, -0.15) is 0 Å². The molecule has 0 bridgehead atoms. The molecule has 0 saturated carbocycles. The number of hydrogen-bond donors (Lipinski definition) is 6. The van der Waals surface area contributed by atoms with Gasteiger partial charge in [-0.15, -0.1) is 0 Å². The van der Waals surface area contributed by atoms with Crippen molar-refractivity contribution in [3.8, 4) is 0 Å². The second kappa shape index (κ2) is 14.7. The Morgan fingerprint density at radius 3 is 1.22 bits per heavy atom. The molecule has 0 aliphatic rings. The molecule has 0 heterocycles. The zero-order valence-electron chi connectivity index (χ0n) is 20.6. The largest absolute Gasteiger partial charge is 0.399 e. The van der Waals surface area contributed by atoms with Crippen molar-refractivity contribution in [1.29, 1.82) is 0 Å².